The predicted molar refractivity (Wildman–Crippen MR) is 111 cm³/mol. The number of likely N-dealkylation sites (tertiary alicyclic amines) is 1. The molecule has 2 aliphatic heterocycles. The maximum Gasteiger partial charge on any atom is 0.251 e. The standard InChI is InChI=1S/C21H30ClN3O4/c1-24(2)11-8-23-20(26)15-3-4-19(18(22)13-15)29-17-5-9-25(10-6-17)21(27)16-7-12-28-14-16/h3-4,13,16-17H,5-12,14H2,1-2H3,(H,23,26)/t16-/m0/s1. The van der Waals surface area contributed by atoms with Crippen molar-refractivity contribution in [1.29, 1.82) is 0 Å². The molecule has 2 amide bonds. The molecule has 160 valence electrons. The Morgan fingerprint density at radius 3 is 2.66 bits per heavy atom. The molecule has 1 atom stereocenters. The van der Waals surface area contributed by atoms with Crippen LogP contribution in [0.3, 0.4) is 0 Å². The van der Waals surface area contributed by atoms with Crippen molar-refractivity contribution < 1.29 is 19.1 Å². The lowest BCUT2D eigenvalue weighted by molar-refractivity contribution is -0.137. The zero-order valence-corrected chi connectivity index (χ0v) is 17.9. The summed E-state index contributed by atoms with van der Waals surface area (Å²) in [5.74, 6) is 0.635. The molecule has 8 heteroatoms. The van der Waals surface area contributed by atoms with Crippen molar-refractivity contribution in [1.82, 2.24) is 15.1 Å². The predicted octanol–water partition coefficient (Wildman–Crippen LogP) is 2.04. The van der Waals surface area contributed by atoms with Gasteiger partial charge in [0.2, 0.25) is 5.91 Å². The fourth-order valence-corrected chi connectivity index (χ4v) is 3.82. The van der Waals surface area contributed by atoms with Crippen LogP contribution in [0.15, 0.2) is 18.2 Å². The van der Waals surface area contributed by atoms with Crippen LogP contribution in [0.4, 0.5) is 0 Å². The Bertz CT molecular complexity index is 714. The molecule has 0 unspecified atom stereocenters. The summed E-state index contributed by atoms with van der Waals surface area (Å²) >= 11 is 6.35. The van der Waals surface area contributed by atoms with Crippen LogP contribution in [0.5, 0.6) is 5.75 Å². The second kappa shape index (κ2) is 10.3. The molecule has 1 aromatic carbocycles. The molecular weight excluding hydrogens is 394 g/mol. The first kappa shape index (κ1) is 21.9. The van der Waals surface area contributed by atoms with E-state index < -0.39 is 0 Å². The van der Waals surface area contributed by atoms with E-state index in [1.165, 1.54) is 0 Å². The number of carbonyl (C=O) groups excluding carboxylic acids is 2. The first-order valence-corrected chi connectivity index (χ1v) is 10.6. The number of hydrogen-bond donors (Lipinski definition) is 1. The SMILES string of the molecule is CN(C)CCNC(=O)c1ccc(OC2CCN(C(=O)[C@H]3CCOC3)CC2)c(Cl)c1. The number of piperidine rings is 1. The van der Waals surface area contributed by atoms with Crippen LogP contribution >= 0.6 is 11.6 Å². The summed E-state index contributed by atoms with van der Waals surface area (Å²) in [7, 11) is 3.91. The number of hydrogen-bond acceptors (Lipinski definition) is 5. The topological polar surface area (TPSA) is 71.1 Å². The average molecular weight is 424 g/mol. The van der Waals surface area contributed by atoms with Gasteiger partial charge in [-0.15, -0.1) is 0 Å². The van der Waals surface area contributed by atoms with Gasteiger partial charge in [0.1, 0.15) is 11.9 Å². The Morgan fingerprint density at radius 2 is 2.03 bits per heavy atom. The van der Waals surface area contributed by atoms with Gasteiger partial charge in [-0.3, -0.25) is 9.59 Å². The van der Waals surface area contributed by atoms with E-state index >= 15 is 0 Å². The molecule has 0 saturated carbocycles. The molecule has 0 radical (unpaired) electrons. The van der Waals surface area contributed by atoms with Gasteiger partial charge >= 0.3 is 0 Å². The third-order valence-electron chi connectivity index (χ3n) is 5.36. The summed E-state index contributed by atoms with van der Waals surface area (Å²) in [5.41, 5.74) is 0.514. The van der Waals surface area contributed by atoms with Gasteiger partial charge in [-0.25, -0.2) is 0 Å². The Labute approximate surface area is 177 Å². The number of rotatable bonds is 7. The van der Waals surface area contributed by atoms with Crippen LogP contribution in [0.1, 0.15) is 29.6 Å². The summed E-state index contributed by atoms with van der Waals surface area (Å²) in [6.45, 7) is 3.94. The maximum absolute atomic E-state index is 12.5. The molecule has 2 saturated heterocycles. The maximum atomic E-state index is 12.5. The van der Waals surface area contributed by atoms with E-state index in [1.54, 1.807) is 18.2 Å². The average Bonchev–Trinajstić information content (AvgIpc) is 3.24. The Balaban J connectivity index is 1.48. The molecule has 2 aliphatic rings. The molecule has 2 fully saturated rings. The molecule has 7 nitrogen and oxygen atoms in total. The van der Waals surface area contributed by atoms with Gasteiger partial charge in [-0.2, -0.15) is 0 Å². The molecule has 0 aliphatic carbocycles. The highest BCUT2D eigenvalue weighted by atomic mass is 35.5. The molecule has 0 aromatic heterocycles. The van der Waals surface area contributed by atoms with Crippen molar-refractivity contribution in [3.8, 4) is 5.75 Å². The molecule has 0 spiro atoms. The van der Waals surface area contributed by atoms with Crippen molar-refractivity contribution in [2.45, 2.75) is 25.4 Å². The molecule has 1 N–H and O–H groups in total. The first-order chi connectivity index (χ1) is 13.9. The highest BCUT2D eigenvalue weighted by Crippen LogP contribution is 2.29. The number of nitrogens with one attached hydrogen (secondary N) is 1. The van der Waals surface area contributed by atoms with Crippen LogP contribution in [-0.4, -0.2) is 81.2 Å². The Kier molecular flexibility index (Phi) is 7.75. The van der Waals surface area contributed by atoms with Crippen LogP contribution in [-0.2, 0) is 9.53 Å². The van der Waals surface area contributed by atoms with Crippen molar-refractivity contribution in [3.05, 3.63) is 28.8 Å². The molecule has 3 rings (SSSR count). The Morgan fingerprint density at radius 1 is 1.28 bits per heavy atom. The number of likely N-dealkylation sites (N-methyl/N-ethyl adjacent to an activating group) is 1. The third kappa shape index (κ3) is 6.07. The molecule has 0 bridgehead atoms. The van der Waals surface area contributed by atoms with Gasteiger partial charge in [0, 0.05) is 51.2 Å². The summed E-state index contributed by atoms with van der Waals surface area (Å²) in [6, 6.07) is 5.11. The second-order valence-corrected chi connectivity index (χ2v) is 8.31. The zero-order chi connectivity index (χ0) is 20.8. The molecule has 1 aromatic rings. The summed E-state index contributed by atoms with van der Waals surface area (Å²) in [6.07, 6.45) is 2.36. The lowest BCUT2D eigenvalue weighted by Gasteiger charge is -2.33. The summed E-state index contributed by atoms with van der Waals surface area (Å²) in [5, 5.41) is 3.29. The van der Waals surface area contributed by atoms with Crippen molar-refractivity contribution in [2.24, 2.45) is 5.92 Å². The van der Waals surface area contributed by atoms with Crippen LogP contribution < -0.4 is 10.1 Å². The number of nitrogens with zero attached hydrogens (tertiary/aromatic N) is 2. The van der Waals surface area contributed by atoms with E-state index in [0.717, 1.165) is 25.8 Å². The monoisotopic (exact) mass is 423 g/mol. The van der Waals surface area contributed by atoms with Crippen LogP contribution in [0.25, 0.3) is 0 Å². The van der Waals surface area contributed by atoms with Gasteiger partial charge in [-0.05, 0) is 38.7 Å². The van der Waals surface area contributed by atoms with Gasteiger partial charge in [0.05, 0.1) is 17.5 Å². The van der Waals surface area contributed by atoms with E-state index in [9.17, 15) is 9.59 Å². The summed E-state index contributed by atoms with van der Waals surface area (Å²) < 4.78 is 11.4. The van der Waals surface area contributed by atoms with Crippen molar-refractivity contribution >= 4 is 23.4 Å². The van der Waals surface area contributed by atoms with Gasteiger partial charge < -0.3 is 24.6 Å². The minimum Gasteiger partial charge on any atom is -0.489 e. The fourth-order valence-electron chi connectivity index (χ4n) is 3.59. The van der Waals surface area contributed by atoms with E-state index in [2.05, 4.69) is 5.32 Å². The quantitative estimate of drug-likeness (QED) is 0.726. The van der Waals surface area contributed by atoms with Crippen LogP contribution in [0.2, 0.25) is 5.02 Å². The minimum atomic E-state index is -0.150. The fraction of sp³-hybridized carbons (Fsp3) is 0.619. The smallest absolute Gasteiger partial charge is 0.251 e. The number of carbonyl (C=O) groups is 2. The molecule has 29 heavy (non-hydrogen) atoms. The van der Waals surface area contributed by atoms with E-state index in [-0.39, 0.29) is 23.8 Å². The van der Waals surface area contributed by atoms with E-state index in [4.69, 9.17) is 21.1 Å². The van der Waals surface area contributed by atoms with Gasteiger partial charge in [0.15, 0.2) is 0 Å². The molecular formula is C21H30ClN3O4. The lowest BCUT2D eigenvalue weighted by atomic mass is 10.0. The number of benzene rings is 1. The van der Waals surface area contributed by atoms with Crippen molar-refractivity contribution in [2.75, 3.05) is 53.5 Å². The first-order valence-electron chi connectivity index (χ1n) is 10.2. The highest BCUT2D eigenvalue weighted by Gasteiger charge is 2.31. The van der Waals surface area contributed by atoms with E-state index in [1.807, 2.05) is 23.9 Å². The zero-order valence-electron chi connectivity index (χ0n) is 17.2. The number of amides is 2. The van der Waals surface area contributed by atoms with Crippen LogP contribution in [0, 0.1) is 5.92 Å². The third-order valence-corrected chi connectivity index (χ3v) is 5.66. The number of ether oxygens (including phenoxy) is 2. The number of halogens is 1. The lowest BCUT2D eigenvalue weighted by Crippen LogP contribution is -2.44. The van der Waals surface area contributed by atoms with Gasteiger partial charge in [0.25, 0.3) is 5.91 Å². The summed E-state index contributed by atoms with van der Waals surface area (Å²) in [4.78, 5) is 28.6. The van der Waals surface area contributed by atoms with E-state index in [0.29, 0.717) is 49.2 Å². The second-order valence-electron chi connectivity index (χ2n) is 7.91. The Hall–Kier alpha value is -1.83. The molecule has 2 heterocycles. The van der Waals surface area contributed by atoms with Crippen molar-refractivity contribution in [3.63, 3.8) is 0 Å². The highest BCUT2D eigenvalue weighted by molar-refractivity contribution is 6.32. The van der Waals surface area contributed by atoms with Gasteiger partial charge in [-0.1, -0.05) is 11.6 Å². The largest absolute Gasteiger partial charge is 0.489 e. The minimum absolute atomic E-state index is 0.0103. The normalized spacial score (nSPS) is 20.1.